The lowest BCUT2D eigenvalue weighted by Crippen LogP contribution is -2.26. The molecule has 0 aliphatic heterocycles. The lowest BCUT2D eigenvalue weighted by Gasteiger charge is -2.17. The second-order valence-electron chi connectivity index (χ2n) is 4.59. The quantitative estimate of drug-likeness (QED) is 0.674. The number of benzene rings is 1. The summed E-state index contributed by atoms with van der Waals surface area (Å²) in [5, 5.41) is 2.90. The molecule has 1 amide bonds. The van der Waals surface area contributed by atoms with Gasteiger partial charge in [-0.05, 0) is 44.3 Å². The molecule has 0 aromatic heterocycles. The van der Waals surface area contributed by atoms with E-state index in [-0.39, 0.29) is 5.91 Å². The minimum absolute atomic E-state index is 0.0451. The Hall–Kier alpha value is -1.20. The van der Waals surface area contributed by atoms with Gasteiger partial charge in [0.05, 0.1) is 12.4 Å². The van der Waals surface area contributed by atoms with Crippen LogP contribution < -0.4 is 10.1 Å². The molecular formula is C16H26N2O2S. The smallest absolute Gasteiger partial charge is 0.234 e. The lowest BCUT2D eigenvalue weighted by molar-refractivity contribution is -0.113. The van der Waals surface area contributed by atoms with Gasteiger partial charge < -0.3 is 15.0 Å². The third-order valence-corrected chi connectivity index (χ3v) is 4.07. The molecule has 0 aliphatic carbocycles. The number of nitrogens with zero attached hydrogens (tertiary/aromatic N) is 1. The molecule has 0 fully saturated rings. The van der Waals surface area contributed by atoms with Crippen LogP contribution in [0.25, 0.3) is 0 Å². The van der Waals surface area contributed by atoms with Crippen molar-refractivity contribution in [3.8, 4) is 5.75 Å². The van der Waals surface area contributed by atoms with E-state index in [0.717, 1.165) is 36.8 Å². The van der Waals surface area contributed by atoms with Crippen LogP contribution in [0.2, 0.25) is 0 Å². The van der Waals surface area contributed by atoms with Crippen LogP contribution in [0.3, 0.4) is 0 Å². The van der Waals surface area contributed by atoms with Crippen molar-refractivity contribution in [1.82, 2.24) is 4.90 Å². The summed E-state index contributed by atoms with van der Waals surface area (Å²) in [6.07, 6.45) is 0. The number of hydrogen-bond acceptors (Lipinski definition) is 4. The monoisotopic (exact) mass is 310 g/mol. The minimum atomic E-state index is 0.0451. The zero-order valence-electron chi connectivity index (χ0n) is 13.2. The van der Waals surface area contributed by atoms with Crippen molar-refractivity contribution in [2.24, 2.45) is 0 Å². The van der Waals surface area contributed by atoms with Crippen molar-refractivity contribution in [3.05, 3.63) is 24.3 Å². The molecule has 0 saturated carbocycles. The highest BCUT2D eigenvalue weighted by atomic mass is 32.2. The maximum atomic E-state index is 11.8. The van der Waals surface area contributed by atoms with Gasteiger partial charge in [-0.3, -0.25) is 4.79 Å². The predicted octanol–water partition coefficient (Wildman–Crippen LogP) is 3.10. The molecule has 0 unspecified atom stereocenters. The first-order chi connectivity index (χ1) is 10.2. The number of thioether (sulfide) groups is 1. The molecule has 0 saturated heterocycles. The number of ether oxygens (including phenoxy) is 1. The van der Waals surface area contributed by atoms with Crippen LogP contribution in [0.4, 0.5) is 5.69 Å². The van der Waals surface area contributed by atoms with Gasteiger partial charge >= 0.3 is 0 Å². The molecule has 0 atom stereocenters. The molecule has 1 rings (SSSR count). The summed E-state index contributed by atoms with van der Waals surface area (Å²) in [7, 11) is 0. The third kappa shape index (κ3) is 7.39. The lowest BCUT2D eigenvalue weighted by atomic mass is 10.3. The van der Waals surface area contributed by atoms with Crippen LogP contribution in [0.1, 0.15) is 20.8 Å². The molecular weight excluding hydrogens is 284 g/mol. The van der Waals surface area contributed by atoms with E-state index in [9.17, 15) is 4.79 Å². The topological polar surface area (TPSA) is 41.6 Å². The van der Waals surface area contributed by atoms with Gasteiger partial charge in [-0.1, -0.05) is 13.8 Å². The number of hydrogen-bond donors (Lipinski definition) is 1. The molecule has 5 heteroatoms. The van der Waals surface area contributed by atoms with Crippen molar-refractivity contribution in [2.45, 2.75) is 20.8 Å². The summed E-state index contributed by atoms with van der Waals surface area (Å²) in [5.74, 6) is 2.35. The van der Waals surface area contributed by atoms with Gasteiger partial charge in [0.1, 0.15) is 5.75 Å². The highest BCUT2D eigenvalue weighted by molar-refractivity contribution is 7.99. The molecule has 1 aromatic rings. The van der Waals surface area contributed by atoms with Crippen LogP contribution in [0, 0.1) is 0 Å². The van der Waals surface area contributed by atoms with Gasteiger partial charge in [0.25, 0.3) is 0 Å². The second kappa shape index (κ2) is 10.5. The van der Waals surface area contributed by atoms with E-state index in [4.69, 9.17) is 4.74 Å². The fourth-order valence-corrected chi connectivity index (χ4v) is 2.69. The summed E-state index contributed by atoms with van der Waals surface area (Å²) >= 11 is 1.67. The molecule has 0 spiro atoms. The van der Waals surface area contributed by atoms with Crippen LogP contribution >= 0.6 is 11.8 Å². The Morgan fingerprint density at radius 1 is 1.19 bits per heavy atom. The predicted molar refractivity (Wildman–Crippen MR) is 91.4 cm³/mol. The van der Waals surface area contributed by atoms with E-state index < -0.39 is 0 Å². The highest BCUT2D eigenvalue weighted by Crippen LogP contribution is 2.15. The van der Waals surface area contributed by atoms with E-state index in [1.54, 1.807) is 11.8 Å². The van der Waals surface area contributed by atoms with Crippen molar-refractivity contribution < 1.29 is 9.53 Å². The third-order valence-electron chi connectivity index (χ3n) is 3.13. The van der Waals surface area contributed by atoms with E-state index in [1.807, 2.05) is 31.2 Å². The van der Waals surface area contributed by atoms with E-state index >= 15 is 0 Å². The molecule has 0 bridgehead atoms. The zero-order valence-corrected chi connectivity index (χ0v) is 14.0. The van der Waals surface area contributed by atoms with Crippen molar-refractivity contribution in [2.75, 3.05) is 43.1 Å². The Bertz CT molecular complexity index is 405. The van der Waals surface area contributed by atoms with Gasteiger partial charge in [-0.2, -0.15) is 11.8 Å². The molecule has 1 N–H and O–H groups in total. The van der Waals surface area contributed by atoms with Crippen molar-refractivity contribution in [1.29, 1.82) is 0 Å². The Morgan fingerprint density at radius 3 is 2.43 bits per heavy atom. The van der Waals surface area contributed by atoms with Crippen LogP contribution in [0.15, 0.2) is 24.3 Å². The van der Waals surface area contributed by atoms with Gasteiger partial charge in [0.15, 0.2) is 0 Å². The maximum Gasteiger partial charge on any atom is 0.234 e. The minimum Gasteiger partial charge on any atom is -0.494 e. The Kier molecular flexibility index (Phi) is 8.94. The Balaban J connectivity index is 2.24. The summed E-state index contributed by atoms with van der Waals surface area (Å²) in [6, 6.07) is 7.46. The SMILES string of the molecule is CCOc1ccc(NC(=O)CSCCN(CC)CC)cc1. The van der Waals surface area contributed by atoms with Crippen molar-refractivity contribution >= 4 is 23.4 Å². The highest BCUT2D eigenvalue weighted by Gasteiger charge is 2.04. The molecule has 118 valence electrons. The molecule has 4 nitrogen and oxygen atoms in total. The standard InChI is InChI=1S/C16H26N2O2S/c1-4-18(5-2)11-12-21-13-16(19)17-14-7-9-15(10-8-14)20-6-3/h7-10H,4-6,11-13H2,1-3H3,(H,17,19). The van der Waals surface area contributed by atoms with Gasteiger partial charge in [0, 0.05) is 18.0 Å². The normalized spacial score (nSPS) is 10.7. The second-order valence-corrected chi connectivity index (χ2v) is 5.69. The molecule has 0 radical (unpaired) electrons. The molecule has 21 heavy (non-hydrogen) atoms. The maximum absolute atomic E-state index is 11.8. The van der Waals surface area contributed by atoms with Gasteiger partial charge in [0.2, 0.25) is 5.91 Å². The zero-order chi connectivity index (χ0) is 15.5. The summed E-state index contributed by atoms with van der Waals surface area (Å²) < 4.78 is 5.37. The molecule has 1 aromatic carbocycles. The largest absolute Gasteiger partial charge is 0.494 e. The fraction of sp³-hybridized carbons (Fsp3) is 0.562. The number of amides is 1. The number of carbonyl (C=O) groups is 1. The summed E-state index contributed by atoms with van der Waals surface area (Å²) in [6.45, 7) is 10.1. The summed E-state index contributed by atoms with van der Waals surface area (Å²) in [4.78, 5) is 14.2. The van der Waals surface area contributed by atoms with Crippen LogP contribution in [0.5, 0.6) is 5.75 Å². The van der Waals surface area contributed by atoms with E-state index in [2.05, 4.69) is 24.1 Å². The number of rotatable bonds is 10. The average molecular weight is 310 g/mol. The first-order valence-corrected chi connectivity index (χ1v) is 8.67. The molecule has 0 aliphatic rings. The first kappa shape index (κ1) is 17.9. The fourth-order valence-electron chi connectivity index (χ4n) is 1.90. The van der Waals surface area contributed by atoms with Crippen molar-refractivity contribution in [3.63, 3.8) is 0 Å². The number of anilines is 1. The van der Waals surface area contributed by atoms with Gasteiger partial charge in [-0.25, -0.2) is 0 Å². The average Bonchev–Trinajstić information content (AvgIpc) is 2.50. The number of nitrogens with one attached hydrogen (secondary N) is 1. The van der Waals surface area contributed by atoms with E-state index in [1.165, 1.54) is 0 Å². The van der Waals surface area contributed by atoms with E-state index in [0.29, 0.717) is 12.4 Å². The first-order valence-electron chi connectivity index (χ1n) is 7.52. The Morgan fingerprint density at radius 2 is 1.86 bits per heavy atom. The molecule has 0 heterocycles. The van der Waals surface area contributed by atoms with Gasteiger partial charge in [-0.15, -0.1) is 0 Å². The summed E-state index contributed by atoms with van der Waals surface area (Å²) in [5.41, 5.74) is 0.813. The van der Waals surface area contributed by atoms with Crippen LogP contribution in [-0.2, 0) is 4.79 Å². The number of carbonyl (C=O) groups excluding carboxylic acids is 1. The van der Waals surface area contributed by atoms with Crippen LogP contribution in [-0.4, -0.2) is 48.6 Å². The Labute approximate surface area is 132 Å².